The third-order valence-electron chi connectivity index (χ3n) is 4.13. The monoisotopic (exact) mass is 358 g/mol. The van der Waals surface area contributed by atoms with Gasteiger partial charge in [-0.2, -0.15) is 0 Å². The zero-order chi connectivity index (χ0) is 19.1. The topological polar surface area (TPSA) is 41.6 Å². The van der Waals surface area contributed by atoms with Crippen LogP contribution in [-0.4, -0.2) is 31.1 Å². The van der Waals surface area contributed by atoms with Crippen molar-refractivity contribution in [2.24, 2.45) is 0 Å². The molecule has 2 aromatic carbocycles. The van der Waals surface area contributed by atoms with Gasteiger partial charge in [0.15, 0.2) is 11.6 Å². The van der Waals surface area contributed by atoms with E-state index in [0.717, 1.165) is 12.2 Å². The lowest BCUT2D eigenvalue weighted by molar-refractivity contribution is 0.0926. The number of benzene rings is 2. The van der Waals surface area contributed by atoms with Gasteiger partial charge in [-0.15, -0.1) is 0 Å². The number of anilines is 1. The number of nitrogens with zero attached hydrogens (tertiary/aromatic N) is 1. The van der Waals surface area contributed by atoms with E-state index in [2.05, 4.69) is 31.0 Å². The van der Waals surface area contributed by atoms with Gasteiger partial charge in [0.2, 0.25) is 0 Å². The maximum atomic E-state index is 13.5. The molecule has 0 spiro atoms. The van der Waals surface area contributed by atoms with Crippen LogP contribution in [0.2, 0.25) is 0 Å². The summed E-state index contributed by atoms with van der Waals surface area (Å²) >= 11 is 0. The molecule has 0 aliphatic heterocycles. The molecule has 140 valence electrons. The van der Waals surface area contributed by atoms with Gasteiger partial charge in [0.25, 0.3) is 5.91 Å². The Morgan fingerprint density at radius 2 is 1.77 bits per heavy atom. The van der Waals surface area contributed by atoms with Crippen molar-refractivity contribution in [2.75, 3.05) is 18.1 Å². The number of carbonyl (C=O) groups excluding carboxylic acids is 1. The molecule has 0 aliphatic rings. The van der Waals surface area contributed by atoms with E-state index in [1.165, 1.54) is 6.07 Å². The molecule has 0 saturated heterocycles. The molecule has 0 bridgehead atoms. The highest BCUT2D eigenvalue weighted by molar-refractivity contribution is 5.94. The Morgan fingerprint density at radius 1 is 1.12 bits per heavy atom. The molecule has 1 atom stereocenters. The van der Waals surface area contributed by atoms with Gasteiger partial charge in [-0.25, -0.2) is 4.39 Å². The average Bonchev–Trinajstić information content (AvgIpc) is 2.62. The first-order valence-corrected chi connectivity index (χ1v) is 8.97. The fourth-order valence-corrected chi connectivity index (χ4v) is 2.78. The minimum atomic E-state index is -0.410. The first kappa shape index (κ1) is 19.8. The second-order valence-electron chi connectivity index (χ2n) is 6.54. The fraction of sp³-hybridized carbons (Fsp3) is 0.381. The molecule has 1 unspecified atom stereocenters. The number of hydrogen-bond donors (Lipinski definition) is 1. The van der Waals surface area contributed by atoms with E-state index in [9.17, 15) is 9.18 Å². The van der Waals surface area contributed by atoms with Crippen LogP contribution in [0.15, 0.2) is 48.5 Å². The van der Waals surface area contributed by atoms with Gasteiger partial charge in [-0.05, 0) is 64.1 Å². The Kier molecular flexibility index (Phi) is 7.01. The molecule has 2 aromatic rings. The first-order valence-electron chi connectivity index (χ1n) is 8.97. The van der Waals surface area contributed by atoms with Crippen LogP contribution in [0.25, 0.3) is 0 Å². The maximum absolute atomic E-state index is 13.5. The Bertz CT molecular complexity index is 716. The minimum Gasteiger partial charge on any atom is -0.488 e. The van der Waals surface area contributed by atoms with E-state index < -0.39 is 5.82 Å². The van der Waals surface area contributed by atoms with Gasteiger partial charge in [-0.3, -0.25) is 4.79 Å². The number of amides is 1. The van der Waals surface area contributed by atoms with Crippen LogP contribution in [0.3, 0.4) is 0 Å². The summed E-state index contributed by atoms with van der Waals surface area (Å²) in [6, 6.07) is 13.9. The summed E-state index contributed by atoms with van der Waals surface area (Å²) in [6.45, 7) is 9.32. The highest BCUT2D eigenvalue weighted by Gasteiger charge is 2.13. The highest BCUT2D eigenvalue weighted by atomic mass is 19.1. The third-order valence-corrected chi connectivity index (χ3v) is 4.13. The lowest BCUT2D eigenvalue weighted by atomic mass is 10.1. The molecule has 1 amide bonds. The lowest BCUT2D eigenvalue weighted by Crippen LogP contribution is -2.37. The maximum Gasteiger partial charge on any atom is 0.251 e. The summed E-state index contributed by atoms with van der Waals surface area (Å²) in [5.74, 6) is -0.396. The van der Waals surface area contributed by atoms with Gasteiger partial charge in [0, 0.05) is 23.8 Å². The molecule has 1 N–H and O–H groups in total. The van der Waals surface area contributed by atoms with Crippen LogP contribution in [0.4, 0.5) is 10.1 Å². The van der Waals surface area contributed by atoms with E-state index in [1.807, 2.05) is 31.2 Å². The third kappa shape index (κ3) is 5.22. The van der Waals surface area contributed by atoms with Crippen molar-refractivity contribution in [3.8, 4) is 5.75 Å². The van der Waals surface area contributed by atoms with Crippen molar-refractivity contribution in [1.82, 2.24) is 5.32 Å². The SMILES string of the molecule is CCN(c1ccc(C(=O)NC(C)COc2ccccc2F)cc1)C(C)C. The van der Waals surface area contributed by atoms with E-state index >= 15 is 0 Å². The van der Waals surface area contributed by atoms with Crippen molar-refractivity contribution < 1.29 is 13.9 Å². The van der Waals surface area contributed by atoms with Crippen LogP contribution < -0.4 is 15.0 Å². The van der Waals surface area contributed by atoms with E-state index in [4.69, 9.17) is 4.74 Å². The summed E-state index contributed by atoms with van der Waals surface area (Å²) in [6.07, 6.45) is 0. The van der Waals surface area contributed by atoms with Crippen molar-refractivity contribution >= 4 is 11.6 Å². The molecular formula is C21H27FN2O2. The van der Waals surface area contributed by atoms with Crippen molar-refractivity contribution in [1.29, 1.82) is 0 Å². The van der Waals surface area contributed by atoms with Gasteiger partial charge in [-0.1, -0.05) is 12.1 Å². The van der Waals surface area contributed by atoms with E-state index in [-0.39, 0.29) is 24.3 Å². The van der Waals surface area contributed by atoms with Gasteiger partial charge in [0.1, 0.15) is 6.61 Å². The quantitative estimate of drug-likeness (QED) is 0.767. The summed E-state index contributed by atoms with van der Waals surface area (Å²) in [5.41, 5.74) is 1.68. The molecular weight excluding hydrogens is 331 g/mol. The van der Waals surface area contributed by atoms with E-state index in [0.29, 0.717) is 11.6 Å². The molecule has 4 nitrogen and oxygen atoms in total. The average molecular weight is 358 g/mol. The molecule has 5 heteroatoms. The molecule has 0 saturated carbocycles. The Labute approximate surface area is 155 Å². The number of rotatable bonds is 8. The number of ether oxygens (including phenoxy) is 1. The predicted molar refractivity (Wildman–Crippen MR) is 103 cm³/mol. The minimum absolute atomic E-state index is 0.172. The number of carbonyl (C=O) groups is 1. The Hall–Kier alpha value is -2.56. The van der Waals surface area contributed by atoms with E-state index in [1.54, 1.807) is 18.2 Å². The second-order valence-corrected chi connectivity index (χ2v) is 6.54. The Morgan fingerprint density at radius 3 is 2.35 bits per heavy atom. The van der Waals surface area contributed by atoms with Crippen LogP contribution in [-0.2, 0) is 0 Å². The number of halogens is 1. The zero-order valence-electron chi connectivity index (χ0n) is 15.8. The van der Waals surface area contributed by atoms with Crippen molar-refractivity contribution in [3.63, 3.8) is 0 Å². The molecule has 0 fully saturated rings. The largest absolute Gasteiger partial charge is 0.488 e. The standard InChI is InChI=1S/C21H27FN2O2/c1-5-24(15(2)3)18-12-10-17(11-13-18)21(25)23-16(4)14-26-20-9-7-6-8-19(20)22/h6-13,15-16H,5,14H2,1-4H3,(H,23,25). The highest BCUT2D eigenvalue weighted by Crippen LogP contribution is 2.18. The molecule has 0 radical (unpaired) electrons. The Balaban J connectivity index is 1.91. The summed E-state index contributed by atoms with van der Waals surface area (Å²) in [5, 5.41) is 2.87. The second kappa shape index (κ2) is 9.22. The molecule has 26 heavy (non-hydrogen) atoms. The van der Waals surface area contributed by atoms with Gasteiger partial charge >= 0.3 is 0 Å². The summed E-state index contributed by atoms with van der Waals surface area (Å²) in [7, 11) is 0. The van der Waals surface area contributed by atoms with Gasteiger partial charge < -0.3 is 15.0 Å². The zero-order valence-corrected chi connectivity index (χ0v) is 15.8. The fourth-order valence-electron chi connectivity index (χ4n) is 2.78. The van der Waals surface area contributed by atoms with Gasteiger partial charge in [0.05, 0.1) is 6.04 Å². The number of para-hydroxylation sites is 1. The first-order chi connectivity index (χ1) is 12.4. The predicted octanol–water partition coefficient (Wildman–Crippen LogP) is 4.26. The van der Waals surface area contributed by atoms with Crippen LogP contribution in [0.5, 0.6) is 5.75 Å². The van der Waals surface area contributed by atoms with Crippen molar-refractivity contribution in [3.05, 3.63) is 59.9 Å². The molecule has 2 rings (SSSR count). The van der Waals surface area contributed by atoms with Crippen molar-refractivity contribution in [2.45, 2.75) is 39.8 Å². The van der Waals surface area contributed by atoms with Crippen LogP contribution in [0, 0.1) is 5.82 Å². The molecule has 0 aliphatic carbocycles. The number of hydrogen-bond acceptors (Lipinski definition) is 3. The molecule has 0 aromatic heterocycles. The lowest BCUT2D eigenvalue weighted by Gasteiger charge is -2.27. The summed E-state index contributed by atoms with van der Waals surface area (Å²) in [4.78, 5) is 14.6. The van der Waals surface area contributed by atoms with Crippen LogP contribution in [0.1, 0.15) is 38.1 Å². The number of nitrogens with one attached hydrogen (secondary N) is 1. The summed E-state index contributed by atoms with van der Waals surface area (Å²) < 4.78 is 19.0. The molecule has 0 heterocycles. The van der Waals surface area contributed by atoms with Crippen LogP contribution >= 0.6 is 0 Å². The smallest absolute Gasteiger partial charge is 0.251 e. The normalized spacial score (nSPS) is 11.9.